The second-order valence-electron chi connectivity index (χ2n) is 13.4. The van der Waals surface area contributed by atoms with Crippen LogP contribution in [0.4, 0.5) is 4.79 Å². The zero-order valence-electron chi connectivity index (χ0n) is 26.2. The molecule has 42 heavy (non-hydrogen) atoms. The molecule has 0 aliphatic carbocycles. The normalized spacial score (nSPS) is 25.2. The van der Waals surface area contributed by atoms with Crippen LogP contribution in [0, 0.1) is 0 Å². The fraction of sp³-hybridized carbons (Fsp3) is 0.529. The number of amides is 1. The highest BCUT2D eigenvalue weighted by molar-refractivity contribution is 6.45. The number of esters is 1. The average Bonchev–Trinajstić information content (AvgIpc) is 3.13. The molecule has 0 aromatic heterocycles. The van der Waals surface area contributed by atoms with E-state index in [1.54, 1.807) is 11.0 Å². The number of carbonyl (C=O) groups excluding carboxylic acids is 2. The van der Waals surface area contributed by atoms with Crippen LogP contribution in [0.5, 0.6) is 0 Å². The number of ether oxygens (including phenoxy) is 2. The van der Waals surface area contributed by atoms with Crippen molar-refractivity contribution in [2.24, 2.45) is 0 Å². The molecule has 0 saturated carbocycles. The Hall–Kier alpha value is -3.10. The maximum atomic E-state index is 14.2. The van der Waals surface area contributed by atoms with Crippen molar-refractivity contribution in [2.45, 2.75) is 115 Å². The maximum Gasteiger partial charge on any atom is 0.457 e. The van der Waals surface area contributed by atoms with Crippen molar-refractivity contribution in [3.05, 3.63) is 84.4 Å². The number of cyclic esters (lactones) is 1. The summed E-state index contributed by atoms with van der Waals surface area (Å²) in [6, 6.07) is 18.7. The van der Waals surface area contributed by atoms with Crippen LogP contribution in [0.15, 0.2) is 73.3 Å². The van der Waals surface area contributed by atoms with Gasteiger partial charge in [0.2, 0.25) is 0 Å². The largest absolute Gasteiger partial charge is 0.457 e. The fourth-order valence-corrected chi connectivity index (χ4v) is 5.81. The molecular formula is C34H46BNO6. The minimum Gasteiger partial charge on any atom is -0.453 e. The van der Waals surface area contributed by atoms with Crippen LogP contribution in [0.1, 0.15) is 97.4 Å². The topological polar surface area (TPSA) is 74.3 Å². The van der Waals surface area contributed by atoms with Gasteiger partial charge in [0.25, 0.3) is 0 Å². The number of carbonyl (C=O) groups is 2. The minimum absolute atomic E-state index is 0.229. The summed E-state index contributed by atoms with van der Waals surface area (Å²) in [5, 5.41) is 0. The van der Waals surface area contributed by atoms with Crippen LogP contribution in [0.3, 0.4) is 0 Å². The first-order valence-corrected chi connectivity index (χ1v) is 15.0. The Morgan fingerprint density at radius 1 is 0.952 bits per heavy atom. The van der Waals surface area contributed by atoms with Gasteiger partial charge in [-0.1, -0.05) is 79.6 Å². The molecule has 2 heterocycles. The third-order valence-electron chi connectivity index (χ3n) is 8.56. The highest BCUT2D eigenvalue weighted by Crippen LogP contribution is 2.49. The van der Waals surface area contributed by atoms with Crippen LogP contribution in [0.2, 0.25) is 6.32 Å². The summed E-state index contributed by atoms with van der Waals surface area (Å²) in [4.78, 5) is 30.1. The standard InChI is InChI=1S/C34H46BNO6/c1-9-22-34(23-16-17-24-35-41-32(5,6)33(7,8)42-35)29(37)39-28(26-20-14-11-15-21-26)27(25-18-12-10-13-19-25)36(34)30(38)40-31(2,3)4/h9-15,18-21,27-28H,1,16-17,22-24H2,2-8H3/t27?,28?,34-/m0/s1. The monoisotopic (exact) mass is 575 g/mol. The lowest BCUT2D eigenvalue weighted by atomic mass is 9.78. The minimum atomic E-state index is -1.30. The van der Waals surface area contributed by atoms with Crippen molar-refractivity contribution < 1.29 is 28.4 Å². The molecule has 2 saturated heterocycles. The number of hydrogen-bond donors (Lipinski definition) is 0. The van der Waals surface area contributed by atoms with Gasteiger partial charge in [0.05, 0.1) is 11.2 Å². The molecule has 8 heteroatoms. The molecule has 0 spiro atoms. The van der Waals surface area contributed by atoms with E-state index in [1.165, 1.54) is 0 Å². The lowest BCUT2D eigenvalue weighted by molar-refractivity contribution is -0.189. The summed E-state index contributed by atoms with van der Waals surface area (Å²) < 4.78 is 24.7. The molecule has 3 atom stereocenters. The number of unbranched alkanes of at least 4 members (excludes halogenated alkanes) is 1. The van der Waals surface area contributed by atoms with E-state index in [2.05, 4.69) is 6.58 Å². The van der Waals surface area contributed by atoms with E-state index in [9.17, 15) is 9.59 Å². The van der Waals surface area contributed by atoms with Crippen LogP contribution in [0.25, 0.3) is 0 Å². The SMILES string of the molecule is C=CC[C@]1(CCCCB2OC(C)(C)C(C)(C)O2)C(=O)OC(c2ccccc2)C(c2ccccc2)N1C(=O)OC(C)(C)C. The Labute approximate surface area is 251 Å². The first kappa shape index (κ1) is 31.8. The number of nitrogens with zero attached hydrogens (tertiary/aromatic N) is 1. The zero-order valence-corrected chi connectivity index (χ0v) is 26.2. The highest BCUT2D eigenvalue weighted by Gasteiger charge is 2.58. The Balaban J connectivity index is 1.71. The van der Waals surface area contributed by atoms with Gasteiger partial charge in [0.15, 0.2) is 6.10 Å². The lowest BCUT2D eigenvalue weighted by Crippen LogP contribution is -2.64. The van der Waals surface area contributed by atoms with Crippen molar-refractivity contribution in [3.63, 3.8) is 0 Å². The molecule has 0 radical (unpaired) electrons. The molecule has 2 aliphatic rings. The summed E-state index contributed by atoms with van der Waals surface area (Å²) in [5.41, 5.74) is -1.21. The summed E-state index contributed by atoms with van der Waals surface area (Å²) in [7, 11) is -0.329. The Morgan fingerprint density at radius 3 is 2.02 bits per heavy atom. The van der Waals surface area contributed by atoms with Crippen molar-refractivity contribution in [1.82, 2.24) is 4.90 Å². The molecule has 2 aromatic rings. The first-order chi connectivity index (χ1) is 19.7. The number of benzene rings is 2. The Kier molecular flexibility index (Phi) is 9.29. The van der Waals surface area contributed by atoms with Gasteiger partial charge in [0, 0.05) is 0 Å². The van der Waals surface area contributed by atoms with Gasteiger partial charge < -0.3 is 18.8 Å². The first-order valence-electron chi connectivity index (χ1n) is 15.0. The molecule has 4 rings (SSSR count). The molecule has 226 valence electrons. The predicted octanol–water partition coefficient (Wildman–Crippen LogP) is 7.84. The molecular weight excluding hydrogens is 529 g/mol. The summed E-state index contributed by atoms with van der Waals surface area (Å²) in [6.45, 7) is 17.6. The van der Waals surface area contributed by atoms with Gasteiger partial charge >= 0.3 is 19.2 Å². The third kappa shape index (κ3) is 6.60. The molecule has 2 aliphatic heterocycles. The van der Waals surface area contributed by atoms with Gasteiger partial charge in [-0.05, 0) is 78.8 Å². The lowest BCUT2D eigenvalue weighted by Gasteiger charge is -2.52. The van der Waals surface area contributed by atoms with Crippen molar-refractivity contribution in [3.8, 4) is 0 Å². The Morgan fingerprint density at radius 2 is 1.50 bits per heavy atom. The molecule has 2 aromatic carbocycles. The van der Waals surface area contributed by atoms with Crippen LogP contribution in [-0.2, 0) is 23.6 Å². The van der Waals surface area contributed by atoms with Crippen LogP contribution in [-0.4, -0.2) is 46.4 Å². The van der Waals surface area contributed by atoms with E-state index < -0.39 is 46.6 Å². The quantitative estimate of drug-likeness (QED) is 0.131. The summed E-state index contributed by atoms with van der Waals surface area (Å²) in [6.07, 6.45) is 3.09. The highest BCUT2D eigenvalue weighted by atomic mass is 16.7. The smallest absolute Gasteiger partial charge is 0.453 e. The van der Waals surface area contributed by atoms with Crippen molar-refractivity contribution >= 4 is 19.2 Å². The van der Waals surface area contributed by atoms with Gasteiger partial charge in [-0.3, -0.25) is 4.90 Å². The van der Waals surface area contributed by atoms with Gasteiger partial charge in [-0.2, -0.15) is 0 Å². The van der Waals surface area contributed by atoms with Gasteiger partial charge in [-0.15, -0.1) is 6.58 Å². The Bertz CT molecular complexity index is 1230. The molecule has 7 nitrogen and oxygen atoms in total. The fourth-order valence-electron chi connectivity index (χ4n) is 5.81. The number of hydrogen-bond acceptors (Lipinski definition) is 6. The van der Waals surface area contributed by atoms with Gasteiger partial charge in [0.1, 0.15) is 17.2 Å². The molecule has 1 amide bonds. The van der Waals surface area contributed by atoms with Crippen LogP contribution >= 0.6 is 0 Å². The van der Waals surface area contributed by atoms with Gasteiger partial charge in [-0.25, -0.2) is 9.59 Å². The van der Waals surface area contributed by atoms with E-state index >= 15 is 0 Å². The molecule has 2 unspecified atom stereocenters. The summed E-state index contributed by atoms with van der Waals surface area (Å²) >= 11 is 0. The van der Waals surface area contributed by atoms with Crippen molar-refractivity contribution in [2.75, 3.05) is 0 Å². The maximum absolute atomic E-state index is 14.2. The second-order valence-corrected chi connectivity index (χ2v) is 13.4. The van der Waals surface area contributed by atoms with E-state index in [4.69, 9.17) is 18.8 Å². The second kappa shape index (κ2) is 12.3. The summed E-state index contributed by atoms with van der Waals surface area (Å²) in [5.74, 6) is -0.454. The average molecular weight is 576 g/mol. The van der Waals surface area contributed by atoms with Crippen molar-refractivity contribution in [1.29, 1.82) is 0 Å². The number of rotatable bonds is 9. The molecule has 0 bridgehead atoms. The van der Waals surface area contributed by atoms with Crippen LogP contribution < -0.4 is 0 Å². The van der Waals surface area contributed by atoms with E-state index in [0.717, 1.165) is 17.5 Å². The predicted molar refractivity (Wildman–Crippen MR) is 165 cm³/mol. The van der Waals surface area contributed by atoms with E-state index in [-0.39, 0.29) is 13.5 Å². The molecule has 2 fully saturated rings. The zero-order chi connectivity index (χ0) is 30.8. The number of morpholine rings is 1. The van der Waals surface area contributed by atoms with E-state index in [0.29, 0.717) is 19.2 Å². The van der Waals surface area contributed by atoms with E-state index in [1.807, 2.05) is 109 Å². The third-order valence-corrected chi connectivity index (χ3v) is 8.56. The molecule has 0 N–H and O–H groups in total.